The van der Waals surface area contributed by atoms with Gasteiger partial charge in [-0.1, -0.05) is 29.8 Å². The number of fused-ring (bicyclic) bond motifs is 1. The van der Waals surface area contributed by atoms with Crippen LogP contribution in [0.5, 0.6) is 0 Å². The Hall–Kier alpha value is -3.43. The second-order valence-corrected chi connectivity index (χ2v) is 9.39. The number of pyridine rings is 2. The van der Waals surface area contributed by atoms with E-state index in [-0.39, 0.29) is 13.0 Å². The van der Waals surface area contributed by atoms with Crippen molar-refractivity contribution in [3.63, 3.8) is 0 Å². The Balaban J connectivity index is 1.65. The van der Waals surface area contributed by atoms with E-state index in [0.717, 1.165) is 17.0 Å². The van der Waals surface area contributed by atoms with Crippen LogP contribution in [0.25, 0.3) is 33.4 Å². The SMILES string of the molecule is CNc1ncc2cc(-c3ccc(-c4cccc(C)n4)cc3Cl)c(=O)n(C[C@@H]3CCNCC3(F)F)c2n1. The summed E-state index contributed by atoms with van der Waals surface area (Å²) in [5.74, 6) is -3.65. The molecule has 1 atom stereocenters. The standard InChI is InChI=1S/C26H25ClF2N6O/c1-15-4-3-5-22(33-15)16-6-7-19(21(27)11-16)20-10-17-12-32-25(30-2)34-23(17)35(24(20)36)13-18-8-9-31-14-26(18,28)29/h3-7,10-12,18,31H,8-9,13-14H2,1-2H3,(H,30,32,34)/t18-/m0/s1. The van der Waals surface area contributed by atoms with Gasteiger partial charge in [0.2, 0.25) is 5.95 Å². The van der Waals surface area contributed by atoms with Crippen molar-refractivity contribution >= 4 is 28.6 Å². The van der Waals surface area contributed by atoms with E-state index in [1.54, 1.807) is 31.4 Å². The van der Waals surface area contributed by atoms with Gasteiger partial charge in [0.05, 0.1) is 12.2 Å². The molecule has 1 aromatic carbocycles. The molecular formula is C26H25ClF2N6O. The second-order valence-electron chi connectivity index (χ2n) is 8.98. The highest BCUT2D eigenvalue weighted by Crippen LogP contribution is 2.34. The topological polar surface area (TPSA) is 84.7 Å². The van der Waals surface area contributed by atoms with E-state index in [4.69, 9.17) is 11.6 Å². The van der Waals surface area contributed by atoms with Gasteiger partial charge in [0.1, 0.15) is 5.65 Å². The third kappa shape index (κ3) is 4.56. The van der Waals surface area contributed by atoms with Gasteiger partial charge in [0, 0.05) is 58.5 Å². The van der Waals surface area contributed by atoms with Crippen LogP contribution in [0.15, 0.2) is 53.5 Å². The first kappa shape index (κ1) is 24.3. The number of anilines is 1. The molecule has 3 aromatic heterocycles. The number of aryl methyl sites for hydroxylation is 1. The second kappa shape index (κ2) is 9.55. The summed E-state index contributed by atoms with van der Waals surface area (Å²) in [6.45, 7) is 1.79. The van der Waals surface area contributed by atoms with Crippen LogP contribution in [0, 0.1) is 12.8 Å². The van der Waals surface area contributed by atoms with Crippen molar-refractivity contribution in [2.24, 2.45) is 5.92 Å². The van der Waals surface area contributed by atoms with E-state index in [1.807, 2.05) is 31.2 Å². The molecule has 10 heteroatoms. The minimum absolute atomic E-state index is 0.166. The number of halogens is 3. The zero-order valence-corrected chi connectivity index (χ0v) is 20.6. The van der Waals surface area contributed by atoms with Gasteiger partial charge in [0.25, 0.3) is 11.5 Å². The molecule has 0 bridgehead atoms. The lowest BCUT2D eigenvalue weighted by Gasteiger charge is -2.32. The Kier molecular flexibility index (Phi) is 6.44. The van der Waals surface area contributed by atoms with Crippen LogP contribution in [0.3, 0.4) is 0 Å². The van der Waals surface area contributed by atoms with Crippen molar-refractivity contribution in [2.75, 3.05) is 25.5 Å². The fraction of sp³-hybridized carbons (Fsp3) is 0.308. The van der Waals surface area contributed by atoms with E-state index >= 15 is 0 Å². The van der Waals surface area contributed by atoms with Gasteiger partial charge >= 0.3 is 0 Å². The molecule has 1 aliphatic rings. The first-order valence-corrected chi connectivity index (χ1v) is 12.1. The van der Waals surface area contributed by atoms with Crippen molar-refractivity contribution in [1.29, 1.82) is 0 Å². The average molecular weight is 511 g/mol. The quantitative estimate of drug-likeness (QED) is 0.402. The van der Waals surface area contributed by atoms with Gasteiger partial charge in [-0.2, -0.15) is 4.98 Å². The summed E-state index contributed by atoms with van der Waals surface area (Å²) in [6.07, 6.45) is 1.82. The molecule has 7 nitrogen and oxygen atoms in total. The number of benzene rings is 1. The smallest absolute Gasteiger partial charge is 0.264 e. The lowest BCUT2D eigenvalue weighted by molar-refractivity contribution is -0.0787. The first-order valence-electron chi connectivity index (χ1n) is 11.7. The lowest BCUT2D eigenvalue weighted by atomic mass is 9.93. The highest BCUT2D eigenvalue weighted by molar-refractivity contribution is 6.33. The Morgan fingerprint density at radius 1 is 1.19 bits per heavy atom. The maximum absolute atomic E-state index is 14.7. The summed E-state index contributed by atoms with van der Waals surface area (Å²) in [5, 5.41) is 6.49. The van der Waals surface area contributed by atoms with Crippen molar-refractivity contribution in [3.05, 3.63) is 69.7 Å². The molecule has 4 aromatic rings. The Morgan fingerprint density at radius 3 is 2.75 bits per heavy atom. The Labute approximate surface area is 211 Å². The van der Waals surface area contributed by atoms with E-state index in [1.165, 1.54) is 4.57 Å². The lowest BCUT2D eigenvalue weighted by Crippen LogP contribution is -2.48. The molecule has 0 unspecified atom stereocenters. The molecule has 1 aliphatic heterocycles. The molecule has 186 valence electrons. The van der Waals surface area contributed by atoms with Gasteiger partial charge in [-0.3, -0.25) is 14.3 Å². The monoisotopic (exact) mass is 510 g/mol. The molecule has 0 amide bonds. The number of nitrogens with one attached hydrogen (secondary N) is 2. The molecule has 5 rings (SSSR count). The summed E-state index contributed by atoms with van der Waals surface area (Å²) in [6, 6.07) is 12.7. The van der Waals surface area contributed by atoms with Gasteiger partial charge in [-0.25, -0.2) is 13.8 Å². The van der Waals surface area contributed by atoms with Crippen LogP contribution in [-0.4, -0.2) is 45.6 Å². The van der Waals surface area contributed by atoms with Crippen molar-refractivity contribution in [2.45, 2.75) is 25.8 Å². The third-order valence-corrected chi connectivity index (χ3v) is 6.84. The fourth-order valence-electron chi connectivity index (χ4n) is 4.57. The molecule has 36 heavy (non-hydrogen) atoms. The average Bonchev–Trinajstić information content (AvgIpc) is 2.86. The molecule has 4 heterocycles. The van der Waals surface area contributed by atoms with Gasteiger partial charge in [0.15, 0.2) is 0 Å². The minimum Gasteiger partial charge on any atom is -0.357 e. The van der Waals surface area contributed by atoms with Crippen LogP contribution in [0.1, 0.15) is 12.1 Å². The first-order chi connectivity index (χ1) is 17.3. The zero-order chi connectivity index (χ0) is 25.4. The summed E-state index contributed by atoms with van der Waals surface area (Å²) in [7, 11) is 1.66. The van der Waals surface area contributed by atoms with E-state index in [0.29, 0.717) is 39.7 Å². The van der Waals surface area contributed by atoms with E-state index in [9.17, 15) is 13.6 Å². The molecule has 0 saturated carbocycles. The summed E-state index contributed by atoms with van der Waals surface area (Å²) in [5.41, 5.74) is 3.12. The number of rotatable bonds is 5. The zero-order valence-electron chi connectivity index (χ0n) is 19.9. The van der Waals surface area contributed by atoms with Crippen molar-refractivity contribution < 1.29 is 8.78 Å². The third-order valence-electron chi connectivity index (χ3n) is 6.52. The number of nitrogens with zero attached hydrogens (tertiary/aromatic N) is 4. The van der Waals surface area contributed by atoms with Crippen LogP contribution in [0.4, 0.5) is 14.7 Å². The van der Waals surface area contributed by atoms with Crippen molar-refractivity contribution in [3.8, 4) is 22.4 Å². The van der Waals surface area contributed by atoms with Crippen molar-refractivity contribution in [1.82, 2.24) is 24.8 Å². The predicted molar refractivity (Wildman–Crippen MR) is 138 cm³/mol. The summed E-state index contributed by atoms with van der Waals surface area (Å²) >= 11 is 6.67. The number of piperidine rings is 1. The number of aromatic nitrogens is 4. The van der Waals surface area contributed by atoms with E-state index in [2.05, 4.69) is 25.6 Å². The van der Waals surface area contributed by atoms with Crippen LogP contribution in [0.2, 0.25) is 5.02 Å². The Bertz CT molecular complexity index is 1510. The number of hydrogen-bond donors (Lipinski definition) is 2. The molecule has 0 aliphatic carbocycles. The minimum atomic E-state index is -2.95. The predicted octanol–water partition coefficient (Wildman–Crippen LogP) is 4.77. The summed E-state index contributed by atoms with van der Waals surface area (Å²) < 4.78 is 30.7. The molecule has 1 fully saturated rings. The van der Waals surface area contributed by atoms with Crippen LogP contribution < -0.4 is 16.2 Å². The fourth-order valence-corrected chi connectivity index (χ4v) is 4.85. The highest BCUT2D eigenvalue weighted by atomic mass is 35.5. The highest BCUT2D eigenvalue weighted by Gasteiger charge is 2.42. The maximum Gasteiger partial charge on any atom is 0.264 e. The summed E-state index contributed by atoms with van der Waals surface area (Å²) in [4.78, 5) is 27.0. The van der Waals surface area contributed by atoms with Crippen LogP contribution in [-0.2, 0) is 6.54 Å². The molecule has 1 saturated heterocycles. The largest absolute Gasteiger partial charge is 0.357 e. The maximum atomic E-state index is 14.7. The number of hydrogen-bond acceptors (Lipinski definition) is 6. The molecule has 2 N–H and O–H groups in total. The van der Waals surface area contributed by atoms with Crippen LogP contribution >= 0.6 is 11.6 Å². The number of alkyl halides is 2. The normalized spacial score (nSPS) is 17.3. The van der Waals surface area contributed by atoms with Gasteiger partial charge in [-0.15, -0.1) is 0 Å². The Morgan fingerprint density at radius 2 is 2.03 bits per heavy atom. The van der Waals surface area contributed by atoms with Gasteiger partial charge in [-0.05, 0) is 44.2 Å². The van der Waals surface area contributed by atoms with E-state index < -0.39 is 23.9 Å². The van der Waals surface area contributed by atoms with Gasteiger partial charge < -0.3 is 10.6 Å². The molecule has 0 radical (unpaired) electrons. The molecule has 0 spiro atoms. The molecular weight excluding hydrogens is 486 g/mol.